The molecule has 0 aliphatic heterocycles. The van der Waals surface area contributed by atoms with Crippen LogP contribution in [0.3, 0.4) is 0 Å². The maximum atomic E-state index is 13.5. The molecule has 10 heteroatoms. The van der Waals surface area contributed by atoms with E-state index in [-0.39, 0.29) is 23.3 Å². The lowest BCUT2D eigenvalue weighted by molar-refractivity contribution is -0.141. The van der Waals surface area contributed by atoms with Crippen molar-refractivity contribution in [1.29, 1.82) is 0 Å². The minimum absolute atomic E-state index is 0.0712. The van der Waals surface area contributed by atoms with Gasteiger partial charge in [0.05, 0.1) is 21.5 Å². The average Bonchev–Trinajstić information content (AvgIpc) is 2.79. The molecule has 0 radical (unpaired) electrons. The molecular formula is C25H33Cl2N3O4S. The van der Waals surface area contributed by atoms with E-state index in [0.717, 1.165) is 9.87 Å². The van der Waals surface area contributed by atoms with Gasteiger partial charge in [0.15, 0.2) is 0 Å². The molecule has 0 bridgehead atoms. The first-order chi connectivity index (χ1) is 16.4. The van der Waals surface area contributed by atoms with Crippen LogP contribution in [0.5, 0.6) is 0 Å². The van der Waals surface area contributed by atoms with E-state index in [1.165, 1.54) is 24.1 Å². The summed E-state index contributed by atoms with van der Waals surface area (Å²) in [5.74, 6) is -0.555. The van der Waals surface area contributed by atoms with E-state index < -0.39 is 28.5 Å². The second-order valence-electron chi connectivity index (χ2n) is 8.91. The standard InChI is InChI=1S/C25H33Cl2N3O4S/c1-6-23(25(32)28-14-17(2)3)30(15-19-9-12-21(26)22(27)13-19)24(31)16-29(5)35(33,34)20-10-7-18(4)8-11-20/h7-13,17,23H,6,14-16H2,1-5H3,(H,28,32). The molecule has 0 aliphatic rings. The first-order valence-electron chi connectivity index (χ1n) is 11.4. The van der Waals surface area contributed by atoms with Gasteiger partial charge in [-0.3, -0.25) is 9.59 Å². The van der Waals surface area contributed by atoms with Crippen LogP contribution in [0.25, 0.3) is 0 Å². The fourth-order valence-electron chi connectivity index (χ4n) is 3.43. The molecule has 0 heterocycles. The fraction of sp³-hybridized carbons (Fsp3) is 0.440. The lowest BCUT2D eigenvalue weighted by atomic mass is 10.1. The van der Waals surface area contributed by atoms with E-state index in [2.05, 4.69) is 5.32 Å². The van der Waals surface area contributed by atoms with Crippen molar-refractivity contribution < 1.29 is 18.0 Å². The third kappa shape index (κ3) is 7.93. The number of hydrogen-bond acceptors (Lipinski definition) is 4. The van der Waals surface area contributed by atoms with Gasteiger partial charge in [0.1, 0.15) is 6.04 Å². The topological polar surface area (TPSA) is 86.8 Å². The van der Waals surface area contributed by atoms with Crippen molar-refractivity contribution in [3.8, 4) is 0 Å². The Labute approximate surface area is 218 Å². The number of hydrogen-bond donors (Lipinski definition) is 1. The minimum Gasteiger partial charge on any atom is -0.354 e. The van der Waals surface area contributed by atoms with E-state index in [0.29, 0.717) is 28.6 Å². The third-order valence-electron chi connectivity index (χ3n) is 5.49. The molecule has 1 atom stereocenters. The average molecular weight is 543 g/mol. The third-order valence-corrected chi connectivity index (χ3v) is 8.05. The van der Waals surface area contributed by atoms with E-state index in [1.54, 1.807) is 30.3 Å². The number of nitrogens with zero attached hydrogens (tertiary/aromatic N) is 2. The van der Waals surface area contributed by atoms with Crippen LogP contribution in [0.1, 0.15) is 38.3 Å². The first-order valence-corrected chi connectivity index (χ1v) is 13.6. The van der Waals surface area contributed by atoms with Crippen molar-refractivity contribution in [1.82, 2.24) is 14.5 Å². The van der Waals surface area contributed by atoms with Crippen LogP contribution in [-0.4, -0.2) is 55.6 Å². The van der Waals surface area contributed by atoms with E-state index in [9.17, 15) is 18.0 Å². The van der Waals surface area contributed by atoms with Crippen LogP contribution >= 0.6 is 23.2 Å². The quantitative estimate of drug-likeness (QED) is 0.453. The number of carbonyl (C=O) groups is 2. The van der Waals surface area contributed by atoms with Gasteiger partial charge in [-0.05, 0) is 49.1 Å². The highest BCUT2D eigenvalue weighted by Gasteiger charge is 2.32. The predicted molar refractivity (Wildman–Crippen MR) is 140 cm³/mol. The van der Waals surface area contributed by atoms with E-state index >= 15 is 0 Å². The van der Waals surface area contributed by atoms with Crippen LogP contribution in [0.15, 0.2) is 47.4 Å². The maximum Gasteiger partial charge on any atom is 0.243 e. The van der Waals surface area contributed by atoms with Crippen LogP contribution in [0.2, 0.25) is 10.0 Å². The van der Waals surface area contributed by atoms with E-state index in [4.69, 9.17) is 23.2 Å². The zero-order valence-corrected chi connectivity index (χ0v) is 23.0. The summed E-state index contributed by atoms with van der Waals surface area (Å²) in [6.07, 6.45) is 0.353. The molecule has 0 aromatic heterocycles. The van der Waals surface area contributed by atoms with Crippen molar-refractivity contribution >= 4 is 45.0 Å². The summed E-state index contributed by atoms with van der Waals surface area (Å²) >= 11 is 12.2. The molecule has 0 aliphatic carbocycles. The Hall–Kier alpha value is -2.13. The van der Waals surface area contributed by atoms with Crippen LogP contribution in [0.4, 0.5) is 0 Å². The molecule has 7 nitrogen and oxygen atoms in total. The Kier molecular flexibility index (Phi) is 10.6. The lowest BCUT2D eigenvalue weighted by Crippen LogP contribution is -2.52. The molecule has 192 valence electrons. The molecule has 0 saturated carbocycles. The highest BCUT2D eigenvalue weighted by Crippen LogP contribution is 2.24. The zero-order valence-electron chi connectivity index (χ0n) is 20.7. The number of nitrogens with one attached hydrogen (secondary N) is 1. The molecule has 1 N–H and O–H groups in total. The number of aryl methyl sites for hydroxylation is 1. The Balaban J connectivity index is 2.34. The largest absolute Gasteiger partial charge is 0.354 e. The Morgan fingerprint density at radius 1 is 1.03 bits per heavy atom. The molecule has 2 aromatic carbocycles. The summed E-state index contributed by atoms with van der Waals surface area (Å²) in [6, 6.07) is 10.6. The van der Waals surface area contributed by atoms with Crippen molar-refractivity contribution in [2.45, 2.75) is 51.6 Å². The molecular weight excluding hydrogens is 509 g/mol. The SMILES string of the molecule is CCC(C(=O)NCC(C)C)N(Cc1ccc(Cl)c(Cl)c1)C(=O)CN(C)S(=O)(=O)c1ccc(C)cc1. The smallest absolute Gasteiger partial charge is 0.243 e. The Bertz CT molecular complexity index is 1140. The zero-order chi connectivity index (χ0) is 26.3. The number of rotatable bonds is 11. The van der Waals surface area contributed by atoms with Crippen LogP contribution in [-0.2, 0) is 26.2 Å². The minimum atomic E-state index is -3.90. The van der Waals surface area contributed by atoms with E-state index in [1.807, 2.05) is 27.7 Å². The highest BCUT2D eigenvalue weighted by atomic mass is 35.5. The Morgan fingerprint density at radius 2 is 1.66 bits per heavy atom. The molecule has 0 saturated heterocycles. The van der Waals surface area contributed by atoms with Crippen molar-refractivity contribution in [3.63, 3.8) is 0 Å². The molecule has 2 rings (SSSR count). The number of benzene rings is 2. The fourth-order valence-corrected chi connectivity index (χ4v) is 4.87. The number of carbonyl (C=O) groups excluding carboxylic acids is 2. The van der Waals surface area contributed by atoms with Crippen LogP contribution in [0, 0.1) is 12.8 Å². The van der Waals surface area contributed by atoms with Gasteiger partial charge in [-0.15, -0.1) is 0 Å². The summed E-state index contributed by atoms with van der Waals surface area (Å²) in [4.78, 5) is 27.9. The number of sulfonamides is 1. The van der Waals surface area contributed by atoms with Gasteiger partial charge in [-0.2, -0.15) is 4.31 Å². The summed E-state index contributed by atoms with van der Waals surface area (Å²) in [5, 5.41) is 3.58. The molecule has 35 heavy (non-hydrogen) atoms. The normalized spacial score (nSPS) is 12.6. The monoisotopic (exact) mass is 541 g/mol. The maximum absolute atomic E-state index is 13.5. The van der Waals surface area contributed by atoms with Gasteiger partial charge < -0.3 is 10.2 Å². The Morgan fingerprint density at radius 3 is 2.20 bits per heavy atom. The number of amides is 2. The van der Waals surface area contributed by atoms with Gasteiger partial charge in [-0.1, -0.05) is 67.7 Å². The highest BCUT2D eigenvalue weighted by molar-refractivity contribution is 7.89. The predicted octanol–water partition coefficient (Wildman–Crippen LogP) is 4.50. The molecule has 2 amide bonds. The molecule has 2 aromatic rings. The van der Waals surface area contributed by atoms with Crippen molar-refractivity contribution in [2.75, 3.05) is 20.1 Å². The van der Waals surface area contributed by atoms with Gasteiger partial charge >= 0.3 is 0 Å². The van der Waals surface area contributed by atoms with Gasteiger partial charge in [0.2, 0.25) is 21.8 Å². The first kappa shape index (κ1) is 29.1. The summed E-state index contributed by atoms with van der Waals surface area (Å²) in [7, 11) is -2.55. The van der Waals surface area contributed by atoms with Gasteiger partial charge in [-0.25, -0.2) is 8.42 Å². The molecule has 1 unspecified atom stereocenters. The molecule has 0 spiro atoms. The van der Waals surface area contributed by atoms with Crippen molar-refractivity contribution in [2.24, 2.45) is 5.92 Å². The van der Waals surface area contributed by atoms with Crippen LogP contribution < -0.4 is 5.32 Å². The summed E-state index contributed by atoms with van der Waals surface area (Å²) in [6.45, 7) is 7.73. The number of halogens is 2. The van der Waals surface area contributed by atoms with Gasteiger partial charge in [0.25, 0.3) is 0 Å². The summed E-state index contributed by atoms with van der Waals surface area (Å²) < 4.78 is 27.1. The van der Waals surface area contributed by atoms with Crippen molar-refractivity contribution in [3.05, 3.63) is 63.6 Å². The number of likely N-dealkylation sites (N-methyl/N-ethyl adjacent to an activating group) is 1. The molecule has 0 fully saturated rings. The second kappa shape index (κ2) is 12.7. The van der Waals surface area contributed by atoms with Gasteiger partial charge in [0, 0.05) is 20.1 Å². The lowest BCUT2D eigenvalue weighted by Gasteiger charge is -2.32. The second-order valence-corrected chi connectivity index (χ2v) is 11.8. The summed E-state index contributed by atoms with van der Waals surface area (Å²) in [5.41, 5.74) is 1.60.